The van der Waals surface area contributed by atoms with Crippen LogP contribution in [-0.2, 0) is 0 Å². The van der Waals surface area contributed by atoms with E-state index in [0.29, 0.717) is 11.5 Å². The highest BCUT2D eigenvalue weighted by Gasteiger charge is 2.07. The van der Waals surface area contributed by atoms with Gasteiger partial charge in [-0.05, 0) is 12.1 Å². The molecule has 1 aromatic carbocycles. The van der Waals surface area contributed by atoms with Crippen molar-refractivity contribution in [2.75, 3.05) is 20.3 Å². The summed E-state index contributed by atoms with van der Waals surface area (Å²) in [5, 5.41) is 11.8. The average molecular weight is 211 g/mol. The molecule has 1 aromatic rings. The topological polar surface area (TPSA) is 68.1 Å². The Bertz CT molecular complexity index is 316. The van der Waals surface area contributed by atoms with Crippen LogP contribution in [0.25, 0.3) is 0 Å². The van der Waals surface area contributed by atoms with E-state index in [0.717, 1.165) is 0 Å². The van der Waals surface area contributed by atoms with Crippen molar-refractivity contribution in [2.45, 2.75) is 6.10 Å². The minimum Gasteiger partial charge on any atom is -0.493 e. The smallest absolute Gasteiger partial charge is 0.161 e. The zero-order valence-electron chi connectivity index (χ0n) is 8.42. The minimum absolute atomic E-state index is 0.0200. The van der Waals surface area contributed by atoms with E-state index in [1.807, 2.05) is 6.07 Å². The molecule has 0 heterocycles. The molecule has 1 rings (SSSR count). The van der Waals surface area contributed by atoms with Crippen LogP contribution in [0.15, 0.2) is 29.4 Å². The highest BCUT2D eigenvalue weighted by molar-refractivity contribution is 5.39. The van der Waals surface area contributed by atoms with E-state index in [4.69, 9.17) is 9.47 Å². The number of nitroso groups, excluding NO2 is 1. The molecule has 1 atom stereocenters. The fraction of sp³-hybridized carbons (Fsp3) is 0.400. The summed E-state index contributed by atoms with van der Waals surface area (Å²) < 4.78 is 10.3. The molecule has 82 valence electrons. The number of nitrogens with zero attached hydrogens (tertiary/aromatic N) is 1. The molecule has 0 amide bonds. The van der Waals surface area contributed by atoms with Crippen LogP contribution in [0.4, 0.5) is 0 Å². The number of hydrogen-bond acceptors (Lipinski definition) is 5. The van der Waals surface area contributed by atoms with Gasteiger partial charge in [0.05, 0.1) is 7.11 Å². The molecule has 0 radical (unpaired) electrons. The van der Waals surface area contributed by atoms with Crippen molar-refractivity contribution < 1.29 is 14.6 Å². The molecule has 0 saturated heterocycles. The van der Waals surface area contributed by atoms with Crippen LogP contribution in [0.5, 0.6) is 11.5 Å². The van der Waals surface area contributed by atoms with E-state index < -0.39 is 6.10 Å². The van der Waals surface area contributed by atoms with Gasteiger partial charge in [0.1, 0.15) is 19.3 Å². The number of rotatable bonds is 6. The zero-order chi connectivity index (χ0) is 11.1. The van der Waals surface area contributed by atoms with Crippen molar-refractivity contribution in [3.05, 3.63) is 29.2 Å². The summed E-state index contributed by atoms with van der Waals surface area (Å²) in [6.07, 6.45) is -0.882. The number of aliphatic hydroxyl groups is 1. The first-order valence-electron chi connectivity index (χ1n) is 4.51. The predicted molar refractivity (Wildman–Crippen MR) is 55.2 cm³/mol. The van der Waals surface area contributed by atoms with Crippen LogP contribution in [-0.4, -0.2) is 31.5 Å². The van der Waals surface area contributed by atoms with Gasteiger partial charge in [-0.3, -0.25) is 0 Å². The van der Waals surface area contributed by atoms with Gasteiger partial charge in [0.25, 0.3) is 0 Å². The lowest BCUT2D eigenvalue weighted by atomic mass is 10.3. The van der Waals surface area contributed by atoms with E-state index in [2.05, 4.69) is 5.18 Å². The Hall–Kier alpha value is -1.62. The monoisotopic (exact) mass is 211 g/mol. The summed E-state index contributed by atoms with van der Waals surface area (Å²) in [4.78, 5) is 9.86. The first-order chi connectivity index (χ1) is 7.27. The van der Waals surface area contributed by atoms with Crippen LogP contribution in [0.1, 0.15) is 0 Å². The van der Waals surface area contributed by atoms with Crippen molar-refractivity contribution in [1.82, 2.24) is 0 Å². The molecule has 0 bridgehead atoms. The van der Waals surface area contributed by atoms with Gasteiger partial charge in [-0.25, -0.2) is 0 Å². The summed E-state index contributed by atoms with van der Waals surface area (Å²) in [7, 11) is 1.53. The molecule has 1 N–H and O–H groups in total. The highest BCUT2D eigenvalue weighted by Crippen LogP contribution is 2.25. The number of benzene rings is 1. The SMILES string of the molecule is COc1ccccc1OCC(O)CN=O. The van der Waals surface area contributed by atoms with Gasteiger partial charge in [0.2, 0.25) is 0 Å². The second-order valence-corrected chi connectivity index (χ2v) is 2.93. The first kappa shape index (κ1) is 11.5. The van der Waals surface area contributed by atoms with Crippen LogP contribution in [0.2, 0.25) is 0 Å². The standard InChI is InChI=1S/C10H13NO4/c1-14-9-4-2-3-5-10(9)15-7-8(12)6-11-13/h2-5,8,12H,6-7H2,1H3. The quantitative estimate of drug-likeness (QED) is 0.718. The summed E-state index contributed by atoms with van der Waals surface area (Å²) >= 11 is 0. The molecule has 15 heavy (non-hydrogen) atoms. The van der Waals surface area contributed by atoms with E-state index in [-0.39, 0.29) is 13.2 Å². The lowest BCUT2D eigenvalue weighted by Crippen LogP contribution is -2.20. The van der Waals surface area contributed by atoms with E-state index in [9.17, 15) is 10.0 Å². The predicted octanol–water partition coefficient (Wildman–Crippen LogP) is 1.20. The maximum absolute atomic E-state index is 9.86. The fourth-order valence-corrected chi connectivity index (χ4v) is 1.06. The number of hydrogen-bond donors (Lipinski definition) is 1. The summed E-state index contributed by atoms with van der Waals surface area (Å²) in [5.74, 6) is 1.12. The molecular formula is C10H13NO4. The Kier molecular flexibility index (Phi) is 4.56. The lowest BCUT2D eigenvalue weighted by Gasteiger charge is -2.11. The molecule has 5 heteroatoms. The molecule has 0 spiro atoms. The second-order valence-electron chi connectivity index (χ2n) is 2.93. The number of para-hydroxylation sites is 2. The second kappa shape index (κ2) is 5.98. The molecule has 1 unspecified atom stereocenters. The molecule has 0 aromatic heterocycles. The van der Waals surface area contributed by atoms with Gasteiger partial charge >= 0.3 is 0 Å². The van der Waals surface area contributed by atoms with Gasteiger partial charge in [0, 0.05) is 0 Å². The van der Waals surface area contributed by atoms with Gasteiger partial charge in [0.15, 0.2) is 11.5 Å². The van der Waals surface area contributed by atoms with Crippen LogP contribution < -0.4 is 9.47 Å². The molecule has 0 aliphatic carbocycles. The van der Waals surface area contributed by atoms with Gasteiger partial charge in [-0.2, -0.15) is 4.91 Å². The van der Waals surface area contributed by atoms with Crippen molar-refractivity contribution in [2.24, 2.45) is 5.18 Å². The fourth-order valence-electron chi connectivity index (χ4n) is 1.06. The van der Waals surface area contributed by atoms with E-state index >= 15 is 0 Å². The highest BCUT2D eigenvalue weighted by atomic mass is 16.5. The third-order valence-electron chi connectivity index (χ3n) is 1.79. The van der Waals surface area contributed by atoms with Gasteiger partial charge in [-0.15, -0.1) is 0 Å². The number of aliphatic hydroxyl groups excluding tert-OH is 1. The van der Waals surface area contributed by atoms with E-state index in [1.54, 1.807) is 18.2 Å². The third kappa shape index (κ3) is 3.55. The van der Waals surface area contributed by atoms with Crippen LogP contribution in [0.3, 0.4) is 0 Å². The molecule has 0 fully saturated rings. The lowest BCUT2D eigenvalue weighted by molar-refractivity contribution is 0.112. The Balaban J connectivity index is 2.52. The maximum atomic E-state index is 9.86. The third-order valence-corrected chi connectivity index (χ3v) is 1.79. The van der Waals surface area contributed by atoms with Gasteiger partial charge in [-0.1, -0.05) is 17.3 Å². The van der Waals surface area contributed by atoms with Crippen molar-refractivity contribution in [3.8, 4) is 11.5 Å². The largest absolute Gasteiger partial charge is 0.493 e. The Labute approximate surface area is 87.6 Å². The van der Waals surface area contributed by atoms with Crippen LogP contribution in [0, 0.1) is 4.91 Å². The number of ether oxygens (including phenoxy) is 2. The Morgan fingerprint density at radius 3 is 2.67 bits per heavy atom. The minimum atomic E-state index is -0.882. The normalized spacial score (nSPS) is 11.9. The molecular weight excluding hydrogens is 198 g/mol. The number of methoxy groups -OCH3 is 1. The van der Waals surface area contributed by atoms with Gasteiger partial charge < -0.3 is 14.6 Å². The molecule has 0 aliphatic rings. The van der Waals surface area contributed by atoms with Crippen LogP contribution >= 0.6 is 0 Å². The average Bonchev–Trinajstić information content (AvgIpc) is 2.27. The first-order valence-corrected chi connectivity index (χ1v) is 4.51. The summed E-state index contributed by atoms with van der Waals surface area (Å²) in [6.45, 7) is -0.152. The molecule has 0 aliphatic heterocycles. The molecule has 0 saturated carbocycles. The van der Waals surface area contributed by atoms with Crippen molar-refractivity contribution in [3.63, 3.8) is 0 Å². The Morgan fingerprint density at radius 1 is 1.40 bits per heavy atom. The zero-order valence-corrected chi connectivity index (χ0v) is 8.42. The summed E-state index contributed by atoms with van der Waals surface area (Å²) in [6, 6.07) is 7.08. The maximum Gasteiger partial charge on any atom is 0.161 e. The molecule has 5 nitrogen and oxygen atoms in total. The Morgan fingerprint density at radius 2 is 2.07 bits per heavy atom. The van der Waals surface area contributed by atoms with Crippen molar-refractivity contribution >= 4 is 0 Å². The van der Waals surface area contributed by atoms with Crippen molar-refractivity contribution in [1.29, 1.82) is 0 Å². The van der Waals surface area contributed by atoms with E-state index in [1.165, 1.54) is 7.11 Å². The summed E-state index contributed by atoms with van der Waals surface area (Å²) in [5.41, 5.74) is 0.